The summed E-state index contributed by atoms with van der Waals surface area (Å²) >= 11 is 0.690. The first kappa shape index (κ1) is 21.9. The van der Waals surface area contributed by atoms with Crippen molar-refractivity contribution >= 4 is 32.5 Å². The average Bonchev–Trinajstić information content (AvgIpc) is 3.13. The molecule has 1 aromatic carbocycles. The molecule has 3 aromatic rings. The van der Waals surface area contributed by atoms with Crippen molar-refractivity contribution in [3.63, 3.8) is 0 Å². The second kappa shape index (κ2) is 8.94. The van der Waals surface area contributed by atoms with Crippen LogP contribution in [0.3, 0.4) is 0 Å². The van der Waals surface area contributed by atoms with Gasteiger partial charge in [-0.3, -0.25) is 19.3 Å². The van der Waals surface area contributed by atoms with E-state index in [1.54, 1.807) is 26.0 Å². The monoisotopic (exact) mass is 453 g/mol. The number of hydrogen-bond donors (Lipinski definition) is 1. The number of benzene rings is 1. The minimum Gasteiger partial charge on any atom is -0.296 e. The lowest BCUT2D eigenvalue weighted by Gasteiger charge is -2.08. The third-order valence-corrected chi connectivity index (χ3v) is 6.67. The number of nitrogens with zero attached hydrogens (tertiary/aromatic N) is 2. The fourth-order valence-electron chi connectivity index (χ4n) is 2.43. The molecule has 3 rings (SSSR count). The molecular weight excluding hydrogens is 436 g/mol. The highest BCUT2D eigenvalue weighted by atomic mass is 32.3. The maximum Gasteiger partial charge on any atom is 0.308 e. The van der Waals surface area contributed by atoms with Crippen molar-refractivity contribution in [1.29, 1.82) is 0 Å². The summed E-state index contributed by atoms with van der Waals surface area (Å²) in [5, 5.41) is 2.54. The van der Waals surface area contributed by atoms with Gasteiger partial charge in [0.2, 0.25) is 0 Å². The Kier molecular flexibility index (Phi) is 6.54. The van der Waals surface area contributed by atoms with Gasteiger partial charge in [-0.2, -0.15) is 8.42 Å². The van der Waals surface area contributed by atoms with E-state index in [-0.39, 0.29) is 26.6 Å². The zero-order valence-electron chi connectivity index (χ0n) is 15.9. The molecule has 11 heteroatoms. The van der Waals surface area contributed by atoms with Crippen LogP contribution in [0.5, 0.6) is 0 Å². The van der Waals surface area contributed by atoms with Gasteiger partial charge in [0.15, 0.2) is 9.34 Å². The molecule has 30 heavy (non-hydrogen) atoms. The average molecular weight is 453 g/mol. The summed E-state index contributed by atoms with van der Waals surface area (Å²) in [4.78, 5) is 20.4. The van der Waals surface area contributed by atoms with Gasteiger partial charge in [0.25, 0.3) is 5.91 Å². The molecule has 0 saturated heterocycles. The molecule has 0 unspecified atom stereocenters. The van der Waals surface area contributed by atoms with Gasteiger partial charge >= 0.3 is 10.1 Å². The van der Waals surface area contributed by atoms with Crippen LogP contribution in [0.1, 0.15) is 41.5 Å². The number of pyridine rings is 1. The lowest BCUT2D eigenvalue weighted by molar-refractivity contribution is 0.102. The van der Waals surface area contributed by atoms with E-state index < -0.39 is 39.8 Å². The standard InChI is InChI=1S/C19H17F2N3O4S2/c1-11(2)16-18(29-19(23-16)24-17(25)15-8-3-4-9-22-15)30(26,27)28-10-12-13(20)6-5-7-14(12)21/h3-9,11H,10H2,1-2H3,(H,23,24,25). The number of carbonyl (C=O) groups excluding carboxylic acids is 1. The smallest absolute Gasteiger partial charge is 0.296 e. The highest BCUT2D eigenvalue weighted by Gasteiger charge is 2.28. The van der Waals surface area contributed by atoms with E-state index in [0.29, 0.717) is 11.3 Å². The largest absolute Gasteiger partial charge is 0.308 e. The Bertz CT molecular complexity index is 1150. The van der Waals surface area contributed by atoms with Gasteiger partial charge in [0.05, 0.1) is 17.9 Å². The predicted molar refractivity (Wildman–Crippen MR) is 107 cm³/mol. The molecule has 0 aliphatic carbocycles. The Hall–Kier alpha value is -2.76. The van der Waals surface area contributed by atoms with Crippen molar-refractivity contribution < 1.29 is 26.2 Å². The topological polar surface area (TPSA) is 98.3 Å². The molecule has 0 aliphatic rings. The van der Waals surface area contributed by atoms with E-state index >= 15 is 0 Å². The van der Waals surface area contributed by atoms with E-state index in [1.807, 2.05) is 0 Å². The number of anilines is 1. The number of nitrogens with one attached hydrogen (secondary N) is 1. The van der Waals surface area contributed by atoms with Crippen molar-refractivity contribution in [3.8, 4) is 0 Å². The Balaban J connectivity index is 1.85. The molecule has 0 radical (unpaired) electrons. The molecule has 7 nitrogen and oxygen atoms in total. The van der Waals surface area contributed by atoms with E-state index in [1.165, 1.54) is 18.3 Å². The Morgan fingerprint density at radius 1 is 1.17 bits per heavy atom. The molecule has 0 spiro atoms. The number of thiazole rings is 1. The molecule has 0 fully saturated rings. The molecule has 2 aromatic heterocycles. The Morgan fingerprint density at radius 3 is 2.47 bits per heavy atom. The first-order chi connectivity index (χ1) is 14.2. The second-order valence-electron chi connectivity index (χ2n) is 6.43. The Labute approximate surface area is 175 Å². The van der Waals surface area contributed by atoms with Crippen LogP contribution < -0.4 is 5.32 Å². The lowest BCUT2D eigenvalue weighted by Crippen LogP contribution is -2.13. The van der Waals surface area contributed by atoms with Crippen LogP contribution in [0.15, 0.2) is 46.8 Å². The minimum atomic E-state index is -4.39. The first-order valence-electron chi connectivity index (χ1n) is 8.74. The summed E-state index contributed by atoms with van der Waals surface area (Å²) in [5.74, 6) is -2.71. The fraction of sp³-hybridized carbons (Fsp3) is 0.211. The van der Waals surface area contributed by atoms with Crippen LogP contribution in [-0.2, 0) is 20.9 Å². The summed E-state index contributed by atoms with van der Waals surface area (Å²) in [7, 11) is -4.39. The van der Waals surface area contributed by atoms with E-state index in [2.05, 4.69) is 15.3 Å². The molecule has 0 aliphatic heterocycles. The molecule has 1 N–H and O–H groups in total. The molecule has 0 saturated carbocycles. The van der Waals surface area contributed by atoms with Gasteiger partial charge in [-0.25, -0.2) is 13.8 Å². The summed E-state index contributed by atoms with van der Waals surface area (Å²) in [5.41, 5.74) is -0.194. The molecule has 0 atom stereocenters. The van der Waals surface area contributed by atoms with E-state index in [0.717, 1.165) is 12.1 Å². The van der Waals surface area contributed by atoms with Crippen LogP contribution in [0.2, 0.25) is 0 Å². The van der Waals surface area contributed by atoms with Crippen molar-refractivity contribution in [1.82, 2.24) is 9.97 Å². The summed E-state index contributed by atoms with van der Waals surface area (Å²) in [6.07, 6.45) is 1.45. The molecule has 0 bridgehead atoms. The summed E-state index contributed by atoms with van der Waals surface area (Å²) in [6.45, 7) is 2.62. The minimum absolute atomic E-state index is 0.0357. The third kappa shape index (κ3) is 4.86. The van der Waals surface area contributed by atoms with Gasteiger partial charge in [0.1, 0.15) is 17.3 Å². The number of rotatable bonds is 7. The molecule has 1 amide bonds. The van der Waals surface area contributed by atoms with Crippen LogP contribution in [-0.4, -0.2) is 24.3 Å². The SMILES string of the molecule is CC(C)c1nc(NC(=O)c2ccccn2)sc1S(=O)(=O)OCc1c(F)cccc1F. The van der Waals surface area contributed by atoms with Crippen LogP contribution in [0.4, 0.5) is 13.9 Å². The maximum atomic E-state index is 13.8. The van der Waals surface area contributed by atoms with Gasteiger partial charge in [-0.15, -0.1) is 0 Å². The molecular formula is C19H17F2N3O4S2. The third-order valence-electron chi connectivity index (χ3n) is 3.93. The quantitative estimate of drug-likeness (QED) is 0.541. The first-order valence-corrected chi connectivity index (χ1v) is 11.0. The number of halogens is 2. The number of aromatic nitrogens is 2. The maximum absolute atomic E-state index is 13.8. The van der Waals surface area contributed by atoms with Crippen LogP contribution >= 0.6 is 11.3 Å². The highest BCUT2D eigenvalue weighted by Crippen LogP contribution is 2.34. The predicted octanol–water partition coefficient (Wildman–Crippen LogP) is 4.10. The summed E-state index contributed by atoms with van der Waals surface area (Å²) < 4.78 is 57.6. The van der Waals surface area contributed by atoms with Crippen molar-refractivity contribution in [3.05, 3.63) is 71.2 Å². The van der Waals surface area contributed by atoms with Gasteiger partial charge in [0, 0.05) is 6.20 Å². The van der Waals surface area contributed by atoms with E-state index in [9.17, 15) is 22.0 Å². The number of hydrogen-bond acceptors (Lipinski definition) is 7. The normalized spacial score (nSPS) is 11.6. The van der Waals surface area contributed by atoms with Gasteiger partial charge in [-0.05, 0) is 30.2 Å². The Morgan fingerprint density at radius 2 is 1.87 bits per heavy atom. The summed E-state index contributed by atoms with van der Waals surface area (Å²) in [6, 6.07) is 7.96. The fourth-order valence-corrected chi connectivity index (χ4v) is 4.99. The van der Waals surface area contributed by atoms with Gasteiger partial charge in [-0.1, -0.05) is 37.3 Å². The zero-order valence-corrected chi connectivity index (χ0v) is 17.6. The second-order valence-corrected chi connectivity index (χ2v) is 9.24. The van der Waals surface area contributed by atoms with Gasteiger partial charge < -0.3 is 0 Å². The molecule has 158 valence electrons. The highest BCUT2D eigenvalue weighted by molar-refractivity contribution is 7.89. The molecule has 2 heterocycles. The lowest BCUT2D eigenvalue weighted by atomic mass is 10.2. The zero-order chi connectivity index (χ0) is 21.9. The number of carbonyl (C=O) groups is 1. The van der Waals surface area contributed by atoms with Crippen LogP contribution in [0, 0.1) is 11.6 Å². The van der Waals surface area contributed by atoms with E-state index in [4.69, 9.17) is 4.18 Å². The van der Waals surface area contributed by atoms with Crippen molar-refractivity contribution in [2.45, 2.75) is 30.6 Å². The van der Waals surface area contributed by atoms with Crippen LogP contribution in [0.25, 0.3) is 0 Å². The number of amides is 1. The van der Waals surface area contributed by atoms with Crippen molar-refractivity contribution in [2.75, 3.05) is 5.32 Å². The van der Waals surface area contributed by atoms with Crippen molar-refractivity contribution in [2.24, 2.45) is 0 Å².